The largest absolute Gasteiger partial charge is 0.493 e. The number of benzene rings is 2. The second kappa shape index (κ2) is 8.58. The summed E-state index contributed by atoms with van der Waals surface area (Å²) in [5, 5.41) is 8.97. The molecule has 0 bridgehead atoms. The SMILES string of the molecule is Cc1ccc(C(=O)N2CCC(=O)N(CCC#N)C[C@H]3COc4ccccc4[C@H]32)cc1. The van der Waals surface area contributed by atoms with Gasteiger partial charge in [0, 0.05) is 43.1 Å². The van der Waals surface area contributed by atoms with Gasteiger partial charge in [-0.1, -0.05) is 35.9 Å². The molecule has 0 aliphatic carbocycles. The van der Waals surface area contributed by atoms with E-state index in [2.05, 4.69) is 6.07 Å². The second-order valence-corrected chi connectivity index (χ2v) is 7.92. The average Bonchev–Trinajstić information content (AvgIpc) is 2.76. The summed E-state index contributed by atoms with van der Waals surface area (Å²) >= 11 is 0. The van der Waals surface area contributed by atoms with Crippen LogP contribution in [0.3, 0.4) is 0 Å². The number of nitrogens with zero attached hydrogens (tertiary/aromatic N) is 3. The van der Waals surface area contributed by atoms with Crippen LogP contribution in [0.15, 0.2) is 48.5 Å². The summed E-state index contributed by atoms with van der Waals surface area (Å²) in [7, 11) is 0. The maximum absolute atomic E-state index is 13.5. The fraction of sp³-hybridized carbons (Fsp3) is 0.375. The number of hydrogen-bond donors (Lipinski definition) is 0. The van der Waals surface area contributed by atoms with Crippen LogP contribution in [0, 0.1) is 24.2 Å². The van der Waals surface area contributed by atoms with Gasteiger partial charge in [-0.25, -0.2) is 0 Å². The quantitative estimate of drug-likeness (QED) is 0.788. The number of carbonyl (C=O) groups excluding carboxylic acids is 2. The van der Waals surface area contributed by atoms with Gasteiger partial charge >= 0.3 is 0 Å². The van der Waals surface area contributed by atoms with Crippen LogP contribution in [0.1, 0.15) is 40.4 Å². The summed E-state index contributed by atoms with van der Waals surface area (Å²) in [5.41, 5.74) is 2.69. The van der Waals surface area contributed by atoms with E-state index in [1.807, 2.05) is 60.4 Å². The molecule has 1 fully saturated rings. The van der Waals surface area contributed by atoms with Crippen LogP contribution in [-0.4, -0.2) is 47.9 Å². The van der Waals surface area contributed by atoms with E-state index in [0.29, 0.717) is 38.2 Å². The zero-order valence-electron chi connectivity index (χ0n) is 17.1. The highest BCUT2D eigenvalue weighted by molar-refractivity contribution is 5.95. The van der Waals surface area contributed by atoms with Crippen molar-refractivity contribution in [2.24, 2.45) is 5.92 Å². The maximum Gasteiger partial charge on any atom is 0.254 e. The lowest BCUT2D eigenvalue weighted by atomic mass is 9.87. The van der Waals surface area contributed by atoms with Crippen molar-refractivity contribution in [1.29, 1.82) is 5.26 Å². The van der Waals surface area contributed by atoms with Gasteiger partial charge in [0.15, 0.2) is 0 Å². The van der Waals surface area contributed by atoms with Crippen LogP contribution in [-0.2, 0) is 4.79 Å². The first-order valence-corrected chi connectivity index (χ1v) is 10.3. The predicted octanol–water partition coefficient (Wildman–Crippen LogP) is 3.33. The van der Waals surface area contributed by atoms with Crippen LogP contribution in [0.5, 0.6) is 5.75 Å². The highest BCUT2D eigenvalue weighted by Crippen LogP contribution is 2.41. The van der Waals surface area contributed by atoms with Gasteiger partial charge in [-0.2, -0.15) is 5.26 Å². The molecule has 0 radical (unpaired) electrons. The lowest BCUT2D eigenvalue weighted by molar-refractivity contribution is -0.134. The Morgan fingerprint density at radius 3 is 2.73 bits per heavy atom. The molecule has 30 heavy (non-hydrogen) atoms. The van der Waals surface area contributed by atoms with Gasteiger partial charge in [-0.3, -0.25) is 9.59 Å². The zero-order valence-corrected chi connectivity index (χ0v) is 17.1. The van der Waals surface area contributed by atoms with Crippen molar-refractivity contribution >= 4 is 11.8 Å². The van der Waals surface area contributed by atoms with E-state index in [1.165, 1.54) is 0 Å². The standard InChI is InChI=1S/C24H25N3O3/c1-17-7-9-18(10-8-17)24(29)27-14-11-22(28)26(13-4-12-25)15-19-16-30-21-6-3-2-5-20(21)23(19)27/h2-3,5-10,19,23H,4,11,13-16H2,1H3/t19-,23-/m0/s1. The van der Waals surface area contributed by atoms with Crippen molar-refractivity contribution in [2.45, 2.75) is 25.8 Å². The topological polar surface area (TPSA) is 73.6 Å². The van der Waals surface area contributed by atoms with Crippen LogP contribution < -0.4 is 4.74 Å². The Morgan fingerprint density at radius 1 is 1.20 bits per heavy atom. The first-order chi connectivity index (χ1) is 14.6. The molecule has 2 aromatic carbocycles. The third-order valence-electron chi connectivity index (χ3n) is 5.90. The predicted molar refractivity (Wildman–Crippen MR) is 112 cm³/mol. The molecule has 2 amide bonds. The molecule has 154 valence electrons. The molecule has 2 aromatic rings. The summed E-state index contributed by atoms with van der Waals surface area (Å²) in [4.78, 5) is 29.9. The first kappa shape index (κ1) is 20.0. The summed E-state index contributed by atoms with van der Waals surface area (Å²) in [6.07, 6.45) is 0.544. The molecule has 2 heterocycles. The molecular weight excluding hydrogens is 378 g/mol. The number of rotatable bonds is 3. The number of para-hydroxylation sites is 1. The van der Waals surface area contributed by atoms with Gasteiger partial charge in [0.05, 0.1) is 25.1 Å². The number of nitriles is 1. The summed E-state index contributed by atoms with van der Waals surface area (Å²) in [5.74, 6) is 0.636. The zero-order chi connectivity index (χ0) is 21.1. The van der Waals surface area contributed by atoms with Gasteiger partial charge < -0.3 is 14.5 Å². The molecule has 0 aromatic heterocycles. The number of hydrogen-bond acceptors (Lipinski definition) is 4. The third kappa shape index (κ3) is 3.88. The van der Waals surface area contributed by atoms with Crippen molar-refractivity contribution in [3.63, 3.8) is 0 Å². The molecule has 6 heteroatoms. The highest BCUT2D eigenvalue weighted by atomic mass is 16.5. The highest BCUT2D eigenvalue weighted by Gasteiger charge is 2.40. The molecule has 2 aliphatic heterocycles. The normalized spacial score (nSPS) is 20.9. The Balaban J connectivity index is 1.72. The number of carbonyl (C=O) groups is 2. The molecular formula is C24H25N3O3. The van der Waals surface area contributed by atoms with E-state index >= 15 is 0 Å². The molecule has 1 saturated heterocycles. The Morgan fingerprint density at radius 2 is 1.97 bits per heavy atom. The summed E-state index contributed by atoms with van der Waals surface area (Å²) in [6, 6.07) is 17.3. The van der Waals surface area contributed by atoms with Crippen LogP contribution in [0.2, 0.25) is 0 Å². The van der Waals surface area contributed by atoms with Gasteiger partial charge in [0.25, 0.3) is 5.91 Å². The minimum absolute atomic E-state index is 0.0238. The Hall–Kier alpha value is -3.33. The first-order valence-electron chi connectivity index (χ1n) is 10.3. The number of fused-ring (bicyclic) bond motifs is 3. The van der Waals surface area contributed by atoms with Gasteiger partial charge in [-0.05, 0) is 25.1 Å². The average molecular weight is 403 g/mol. The molecule has 6 nitrogen and oxygen atoms in total. The van der Waals surface area contributed by atoms with Crippen LogP contribution >= 0.6 is 0 Å². The second-order valence-electron chi connectivity index (χ2n) is 7.92. The Bertz CT molecular complexity index is 980. The van der Waals surface area contributed by atoms with Crippen molar-refractivity contribution in [3.05, 3.63) is 65.2 Å². The molecule has 2 atom stereocenters. The summed E-state index contributed by atoms with van der Waals surface area (Å²) < 4.78 is 5.99. The number of aryl methyl sites for hydroxylation is 1. The number of ether oxygens (including phenoxy) is 1. The fourth-order valence-electron chi connectivity index (χ4n) is 4.36. The fourth-order valence-corrected chi connectivity index (χ4v) is 4.36. The monoisotopic (exact) mass is 403 g/mol. The van der Waals surface area contributed by atoms with E-state index in [9.17, 15) is 9.59 Å². The molecule has 4 rings (SSSR count). The minimum atomic E-state index is -0.179. The maximum atomic E-state index is 13.5. The summed E-state index contributed by atoms with van der Waals surface area (Å²) in [6.45, 7) is 3.63. The van der Waals surface area contributed by atoms with Gasteiger partial charge in [0.2, 0.25) is 5.91 Å². The van der Waals surface area contributed by atoms with Gasteiger partial charge in [0.1, 0.15) is 5.75 Å². The molecule has 0 spiro atoms. The van der Waals surface area contributed by atoms with Gasteiger partial charge in [-0.15, -0.1) is 0 Å². The Labute approximate surface area is 176 Å². The Kier molecular flexibility index (Phi) is 5.71. The molecule has 2 aliphatic rings. The lowest BCUT2D eigenvalue weighted by Gasteiger charge is -2.44. The van der Waals surface area contributed by atoms with E-state index in [0.717, 1.165) is 16.9 Å². The van der Waals surface area contributed by atoms with E-state index in [1.54, 1.807) is 4.90 Å². The molecule has 0 saturated carbocycles. The smallest absolute Gasteiger partial charge is 0.254 e. The molecule has 0 unspecified atom stereocenters. The van der Waals surface area contributed by atoms with Crippen LogP contribution in [0.4, 0.5) is 0 Å². The lowest BCUT2D eigenvalue weighted by Crippen LogP contribution is -2.51. The molecule has 0 N–H and O–H groups in total. The minimum Gasteiger partial charge on any atom is -0.493 e. The van der Waals surface area contributed by atoms with E-state index < -0.39 is 0 Å². The van der Waals surface area contributed by atoms with Crippen molar-refractivity contribution in [2.75, 3.05) is 26.2 Å². The number of amides is 2. The van der Waals surface area contributed by atoms with E-state index in [-0.39, 0.29) is 30.2 Å². The van der Waals surface area contributed by atoms with E-state index in [4.69, 9.17) is 10.00 Å². The van der Waals surface area contributed by atoms with Crippen molar-refractivity contribution in [3.8, 4) is 11.8 Å². The van der Waals surface area contributed by atoms with Crippen molar-refractivity contribution < 1.29 is 14.3 Å². The third-order valence-corrected chi connectivity index (χ3v) is 5.90. The van der Waals surface area contributed by atoms with Crippen molar-refractivity contribution in [1.82, 2.24) is 9.80 Å². The van der Waals surface area contributed by atoms with Crippen LogP contribution in [0.25, 0.3) is 0 Å².